The minimum atomic E-state index is -3.95. The molecule has 0 fully saturated rings. The Labute approximate surface area is 194 Å². The molecule has 1 heterocycles. The average molecular weight is 472 g/mol. The lowest BCUT2D eigenvalue weighted by Crippen LogP contribution is -2.33. The second-order valence-corrected chi connectivity index (χ2v) is 9.43. The second-order valence-electron chi connectivity index (χ2n) is 7.47. The molecule has 2 amide bonds. The fourth-order valence-electron chi connectivity index (χ4n) is 3.66. The molecule has 33 heavy (non-hydrogen) atoms. The van der Waals surface area contributed by atoms with Gasteiger partial charge in [0, 0.05) is 35.9 Å². The zero-order valence-electron chi connectivity index (χ0n) is 19.1. The lowest BCUT2D eigenvalue weighted by atomic mass is 10.2. The van der Waals surface area contributed by atoms with E-state index in [1.165, 1.54) is 6.20 Å². The van der Waals surface area contributed by atoms with Gasteiger partial charge in [-0.2, -0.15) is 0 Å². The van der Waals surface area contributed by atoms with Gasteiger partial charge in [0.05, 0.1) is 11.5 Å². The standard InChI is InChI=1S/C24H29N3O5S/c1-4-26(5-2)24(29)16-27-15-22(20-9-7-8-10-21(20)27)33(30,31)17-23(28)25-18-11-13-19(14-12-18)32-6-3/h7-15H,4-6,16-17H2,1-3H3,(H,25,28). The van der Waals surface area contributed by atoms with Crippen LogP contribution in [0.3, 0.4) is 0 Å². The van der Waals surface area contributed by atoms with Crippen molar-refractivity contribution in [2.75, 3.05) is 30.8 Å². The highest BCUT2D eigenvalue weighted by molar-refractivity contribution is 7.92. The molecule has 0 unspecified atom stereocenters. The Morgan fingerprint density at radius 1 is 1.00 bits per heavy atom. The number of aromatic nitrogens is 1. The highest BCUT2D eigenvalue weighted by Crippen LogP contribution is 2.27. The number of sulfone groups is 1. The summed E-state index contributed by atoms with van der Waals surface area (Å²) >= 11 is 0. The van der Waals surface area contributed by atoms with Crippen molar-refractivity contribution in [2.45, 2.75) is 32.2 Å². The summed E-state index contributed by atoms with van der Waals surface area (Å²) in [6.07, 6.45) is 1.45. The largest absolute Gasteiger partial charge is 0.494 e. The molecular formula is C24H29N3O5S. The first kappa shape index (κ1) is 24.3. The van der Waals surface area contributed by atoms with Crippen LogP contribution >= 0.6 is 0 Å². The molecule has 0 saturated heterocycles. The third-order valence-corrected chi connectivity index (χ3v) is 6.92. The number of hydrogen-bond donors (Lipinski definition) is 1. The quantitative estimate of drug-likeness (QED) is 0.489. The number of anilines is 1. The van der Waals surface area contributed by atoms with E-state index in [-0.39, 0.29) is 17.3 Å². The van der Waals surface area contributed by atoms with Crippen molar-refractivity contribution in [1.29, 1.82) is 0 Å². The van der Waals surface area contributed by atoms with E-state index < -0.39 is 21.5 Å². The first-order valence-corrected chi connectivity index (χ1v) is 12.5. The van der Waals surface area contributed by atoms with Crippen LogP contribution in [-0.2, 0) is 26.0 Å². The zero-order valence-corrected chi connectivity index (χ0v) is 19.9. The first-order chi connectivity index (χ1) is 15.8. The predicted octanol–water partition coefficient (Wildman–Crippen LogP) is 3.32. The van der Waals surface area contributed by atoms with Gasteiger partial charge >= 0.3 is 0 Å². The van der Waals surface area contributed by atoms with Crippen LogP contribution in [0.25, 0.3) is 10.9 Å². The van der Waals surface area contributed by atoms with E-state index in [0.29, 0.717) is 42.0 Å². The SMILES string of the molecule is CCOc1ccc(NC(=O)CS(=O)(=O)c2cn(CC(=O)N(CC)CC)c3ccccc23)cc1. The van der Waals surface area contributed by atoms with Crippen molar-refractivity contribution in [3.05, 3.63) is 54.7 Å². The van der Waals surface area contributed by atoms with Gasteiger partial charge in [-0.25, -0.2) is 8.42 Å². The van der Waals surface area contributed by atoms with E-state index in [2.05, 4.69) is 5.32 Å². The van der Waals surface area contributed by atoms with Gasteiger partial charge in [0.15, 0.2) is 9.84 Å². The molecule has 176 valence electrons. The van der Waals surface area contributed by atoms with Gasteiger partial charge < -0.3 is 19.5 Å². The smallest absolute Gasteiger partial charge is 0.242 e. The maximum Gasteiger partial charge on any atom is 0.242 e. The maximum absolute atomic E-state index is 13.1. The monoisotopic (exact) mass is 471 g/mol. The number of hydrogen-bond acceptors (Lipinski definition) is 5. The molecule has 0 bridgehead atoms. The number of amides is 2. The summed E-state index contributed by atoms with van der Waals surface area (Å²) in [4.78, 5) is 26.8. The van der Waals surface area contributed by atoms with Crippen molar-refractivity contribution >= 4 is 38.2 Å². The third-order valence-electron chi connectivity index (χ3n) is 5.28. The molecule has 0 aliphatic heterocycles. The molecule has 0 spiro atoms. The Morgan fingerprint density at radius 3 is 2.30 bits per heavy atom. The van der Waals surface area contributed by atoms with Gasteiger partial charge in [-0.1, -0.05) is 18.2 Å². The molecule has 2 aromatic carbocycles. The van der Waals surface area contributed by atoms with E-state index in [1.807, 2.05) is 20.8 Å². The fraction of sp³-hybridized carbons (Fsp3) is 0.333. The Hall–Kier alpha value is -3.33. The van der Waals surface area contributed by atoms with Gasteiger partial charge in [0.25, 0.3) is 0 Å². The van der Waals surface area contributed by atoms with Crippen molar-refractivity contribution in [3.8, 4) is 5.75 Å². The van der Waals surface area contributed by atoms with Crippen LogP contribution in [0.2, 0.25) is 0 Å². The second kappa shape index (κ2) is 10.5. The number of ether oxygens (including phenoxy) is 1. The molecule has 0 atom stereocenters. The summed E-state index contributed by atoms with van der Waals surface area (Å²) < 4.78 is 33.3. The zero-order chi connectivity index (χ0) is 24.0. The van der Waals surface area contributed by atoms with E-state index in [1.54, 1.807) is 58.0 Å². The van der Waals surface area contributed by atoms with Crippen LogP contribution in [0.4, 0.5) is 5.69 Å². The summed E-state index contributed by atoms with van der Waals surface area (Å²) in [7, 11) is -3.95. The van der Waals surface area contributed by atoms with E-state index in [9.17, 15) is 18.0 Å². The summed E-state index contributed by atoms with van der Waals surface area (Å²) in [5.41, 5.74) is 1.11. The molecular weight excluding hydrogens is 442 g/mol. The number of likely N-dealkylation sites (N-methyl/N-ethyl adjacent to an activating group) is 1. The highest BCUT2D eigenvalue weighted by atomic mass is 32.2. The van der Waals surface area contributed by atoms with Crippen molar-refractivity contribution in [2.24, 2.45) is 0 Å². The summed E-state index contributed by atoms with van der Waals surface area (Å²) in [6, 6.07) is 13.7. The third kappa shape index (κ3) is 5.73. The number of carbonyl (C=O) groups is 2. The van der Waals surface area contributed by atoms with Gasteiger partial charge in [0.2, 0.25) is 11.8 Å². The van der Waals surface area contributed by atoms with E-state index in [4.69, 9.17) is 4.74 Å². The fourth-order valence-corrected chi connectivity index (χ4v) is 5.03. The topological polar surface area (TPSA) is 97.7 Å². The molecule has 3 aromatic rings. The van der Waals surface area contributed by atoms with Gasteiger partial charge in [-0.05, 0) is 51.1 Å². The molecule has 0 radical (unpaired) electrons. The lowest BCUT2D eigenvalue weighted by molar-refractivity contribution is -0.131. The molecule has 0 aliphatic rings. The van der Waals surface area contributed by atoms with Crippen LogP contribution in [0.1, 0.15) is 20.8 Å². The Morgan fingerprint density at radius 2 is 1.67 bits per heavy atom. The molecule has 1 aromatic heterocycles. The minimum absolute atomic E-state index is 0.0239. The summed E-state index contributed by atoms with van der Waals surface area (Å²) in [5, 5.41) is 3.10. The number of benzene rings is 2. The lowest BCUT2D eigenvalue weighted by Gasteiger charge is -2.19. The van der Waals surface area contributed by atoms with Crippen molar-refractivity contribution in [3.63, 3.8) is 0 Å². The van der Waals surface area contributed by atoms with E-state index >= 15 is 0 Å². The van der Waals surface area contributed by atoms with Crippen LogP contribution in [0.5, 0.6) is 5.75 Å². The Balaban J connectivity index is 1.82. The van der Waals surface area contributed by atoms with Crippen LogP contribution in [-0.4, -0.2) is 55.1 Å². The number of carbonyl (C=O) groups excluding carboxylic acids is 2. The number of fused-ring (bicyclic) bond motifs is 1. The minimum Gasteiger partial charge on any atom is -0.494 e. The van der Waals surface area contributed by atoms with Crippen molar-refractivity contribution in [1.82, 2.24) is 9.47 Å². The predicted molar refractivity (Wildman–Crippen MR) is 128 cm³/mol. The first-order valence-electron chi connectivity index (χ1n) is 10.9. The number of para-hydroxylation sites is 1. The molecule has 0 saturated carbocycles. The number of nitrogens with zero attached hydrogens (tertiary/aromatic N) is 2. The number of rotatable bonds is 10. The van der Waals surface area contributed by atoms with Crippen LogP contribution in [0.15, 0.2) is 59.6 Å². The average Bonchev–Trinajstić information content (AvgIpc) is 3.15. The summed E-state index contributed by atoms with van der Waals surface area (Å²) in [6.45, 7) is 7.37. The van der Waals surface area contributed by atoms with Gasteiger partial charge in [0.1, 0.15) is 18.0 Å². The molecule has 8 nitrogen and oxygen atoms in total. The molecule has 3 rings (SSSR count). The summed E-state index contributed by atoms with van der Waals surface area (Å²) in [5.74, 6) is -0.790. The molecule has 1 N–H and O–H groups in total. The maximum atomic E-state index is 13.1. The van der Waals surface area contributed by atoms with E-state index in [0.717, 1.165) is 0 Å². The highest BCUT2D eigenvalue weighted by Gasteiger charge is 2.25. The van der Waals surface area contributed by atoms with Gasteiger partial charge in [-0.3, -0.25) is 9.59 Å². The van der Waals surface area contributed by atoms with Crippen molar-refractivity contribution < 1.29 is 22.7 Å². The Kier molecular flexibility index (Phi) is 7.75. The molecule has 0 aliphatic carbocycles. The van der Waals surface area contributed by atoms with Crippen LogP contribution < -0.4 is 10.1 Å². The molecule has 9 heteroatoms. The van der Waals surface area contributed by atoms with Crippen LogP contribution in [0, 0.1) is 0 Å². The normalized spacial score (nSPS) is 11.4. The van der Waals surface area contributed by atoms with Gasteiger partial charge in [-0.15, -0.1) is 0 Å². The Bertz CT molecular complexity index is 1230. The number of nitrogens with one attached hydrogen (secondary N) is 1.